The van der Waals surface area contributed by atoms with Crippen LogP contribution in [0, 0.1) is 0 Å². The summed E-state index contributed by atoms with van der Waals surface area (Å²) in [6.07, 6.45) is 4.59. The second kappa shape index (κ2) is 8.56. The summed E-state index contributed by atoms with van der Waals surface area (Å²) in [5, 5.41) is 0. The van der Waals surface area contributed by atoms with Crippen LogP contribution >= 0.6 is 95.6 Å². The number of ether oxygens (including phenoxy) is 3. The summed E-state index contributed by atoms with van der Waals surface area (Å²) in [7, 11) is 0. The molecule has 0 amide bonds. The fourth-order valence-corrected chi connectivity index (χ4v) is 8.65. The Bertz CT molecular complexity index is 754. The van der Waals surface area contributed by atoms with Crippen LogP contribution in [0.3, 0.4) is 0 Å². The van der Waals surface area contributed by atoms with Crippen LogP contribution in [-0.2, 0) is 23.8 Å². The first-order valence-corrected chi connectivity index (χ1v) is 13.9. The van der Waals surface area contributed by atoms with Crippen LogP contribution in [0.2, 0.25) is 0 Å². The second-order valence-corrected chi connectivity index (χ2v) is 15.5. The topological polar surface area (TPSA) is 61.8 Å². The van der Waals surface area contributed by atoms with Crippen LogP contribution in [0.25, 0.3) is 0 Å². The largest absolute Gasteiger partial charge is 0.422 e. The van der Waals surface area contributed by atoms with E-state index in [0.717, 1.165) is 25.7 Å². The fourth-order valence-electron chi connectivity index (χ4n) is 3.46. The summed E-state index contributed by atoms with van der Waals surface area (Å²) in [6, 6.07) is 0. The molecule has 1 saturated heterocycles. The molecule has 0 unspecified atom stereocenters. The third-order valence-electron chi connectivity index (χ3n) is 5.14. The van der Waals surface area contributed by atoms with E-state index in [0.29, 0.717) is 33.0 Å². The Hall–Kier alpha value is 1.26. The van der Waals surface area contributed by atoms with E-state index in [4.69, 9.17) is 14.2 Å². The minimum atomic E-state index is -1.61. The average molecular weight is 794 g/mol. The van der Waals surface area contributed by atoms with Crippen LogP contribution < -0.4 is 0 Å². The van der Waals surface area contributed by atoms with Crippen LogP contribution in [0.1, 0.15) is 52.4 Å². The number of esters is 2. The Morgan fingerprint density at radius 1 is 0.724 bits per heavy atom. The minimum Gasteiger partial charge on any atom is -0.422 e. The lowest BCUT2D eigenvalue weighted by molar-refractivity contribution is -0.256. The zero-order valence-corrected chi connectivity index (χ0v) is 25.1. The number of carbonyl (C=O) groups excluding carboxylic acids is 2. The molecule has 3 aliphatic heterocycles. The Morgan fingerprint density at radius 2 is 1.07 bits per heavy atom. The average Bonchev–Trinajstić information content (AvgIpc) is 3.08. The summed E-state index contributed by atoms with van der Waals surface area (Å²) in [5.74, 6) is -4.17. The molecule has 0 aromatic carbocycles. The molecule has 3 heterocycles. The van der Waals surface area contributed by atoms with Gasteiger partial charge in [-0.1, -0.05) is 90.4 Å². The third kappa shape index (κ3) is 3.38. The van der Waals surface area contributed by atoms with Gasteiger partial charge in [-0.25, -0.2) is 9.59 Å². The number of carbonyl (C=O) groups is 2. The second-order valence-electron chi connectivity index (χ2n) is 7.06. The molecule has 162 valence electrons. The molecule has 29 heavy (non-hydrogen) atoms. The summed E-state index contributed by atoms with van der Waals surface area (Å²) < 4.78 is 16.4. The molecule has 0 radical (unpaired) electrons. The van der Waals surface area contributed by atoms with Gasteiger partial charge in [0.25, 0.3) is 11.6 Å². The van der Waals surface area contributed by atoms with Crippen molar-refractivity contribution in [1.82, 2.24) is 0 Å². The summed E-state index contributed by atoms with van der Waals surface area (Å²) in [4.78, 5) is 25.4. The van der Waals surface area contributed by atoms with Crippen molar-refractivity contribution in [2.75, 3.05) is 0 Å². The van der Waals surface area contributed by atoms with Gasteiger partial charge >= 0.3 is 11.9 Å². The highest BCUT2D eigenvalue weighted by Crippen LogP contribution is 2.74. The highest BCUT2D eigenvalue weighted by molar-refractivity contribution is 9.30. The molecule has 5 nitrogen and oxygen atoms in total. The van der Waals surface area contributed by atoms with E-state index in [-0.39, 0.29) is 0 Å². The molecule has 0 saturated carbocycles. The van der Waals surface area contributed by atoms with Gasteiger partial charge in [-0.15, -0.1) is 0 Å². The highest BCUT2D eigenvalue weighted by Gasteiger charge is 2.85. The maximum atomic E-state index is 12.7. The Kier molecular flexibility index (Phi) is 7.34. The van der Waals surface area contributed by atoms with Gasteiger partial charge in [0, 0.05) is 0 Å². The standard InChI is InChI=1S/C18H18Br6O5/c1-3-5-7-9-11(19)15(27-13(9)25)17(21,22)18(23,24)16(29-15)12(20)10(8-6-4-2)14(26)28-16/h3-8H2,1-2H3/t15-,16+. The molecule has 1 fully saturated rings. The van der Waals surface area contributed by atoms with Gasteiger partial charge < -0.3 is 9.47 Å². The molecule has 0 N–H and O–H groups in total. The Morgan fingerprint density at radius 3 is 1.38 bits per heavy atom. The predicted molar refractivity (Wildman–Crippen MR) is 131 cm³/mol. The van der Waals surface area contributed by atoms with Crippen molar-refractivity contribution in [2.24, 2.45) is 0 Å². The smallest absolute Gasteiger partial charge is 0.337 e. The number of hydrogen-bond donors (Lipinski definition) is 0. The molecular weight excluding hydrogens is 776 g/mol. The molecule has 0 bridgehead atoms. The molecule has 11 heteroatoms. The van der Waals surface area contributed by atoms with Gasteiger partial charge in [-0.3, -0.25) is 4.74 Å². The zero-order valence-electron chi connectivity index (χ0n) is 15.6. The van der Waals surface area contributed by atoms with Crippen molar-refractivity contribution in [3.05, 3.63) is 20.1 Å². The number of hydrogen-bond acceptors (Lipinski definition) is 5. The van der Waals surface area contributed by atoms with E-state index in [1.807, 2.05) is 13.8 Å². The zero-order chi connectivity index (χ0) is 21.8. The van der Waals surface area contributed by atoms with Crippen molar-refractivity contribution in [3.8, 4) is 0 Å². The van der Waals surface area contributed by atoms with Crippen molar-refractivity contribution in [1.29, 1.82) is 0 Å². The van der Waals surface area contributed by atoms with Gasteiger partial charge in [-0.2, -0.15) is 0 Å². The quantitative estimate of drug-likeness (QED) is 0.211. The molecule has 0 aliphatic carbocycles. The lowest BCUT2D eigenvalue weighted by atomic mass is 10.0. The van der Waals surface area contributed by atoms with Gasteiger partial charge in [0.05, 0.1) is 20.1 Å². The summed E-state index contributed by atoms with van der Waals surface area (Å²) >= 11 is 21.6. The minimum absolute atomic E-state index is 0.454. The van der Waals surface area contributed by atoms with Gasteiger partial charge in [0.1, 0.15) is 0 Å². The van der Waals surface area contributed by atoms with Crippen molar-refractivity contribution < 1.29 is 23.8 Å². The summed E-state index contributed by atoms with van der Waals surface area (Å²) in [5.41, 5.74) is 0.997. The normalized spacial score (nSPS) is 32.7. The number of rotatable bonds is 6. The molecule has 0 aromatic heterocycles. The van der Waals surface area contributed by atoms with Crippen LogP contribution in [0.15, 0.2) is 20.1 Å². The van der Waals surface area contributed by atoms with E-state index in [2.05, 4.69) is 95.6 Å². The number of halogens is 6. The van der Waals surface area contributed by atoms with E-state index < -0.39 is 30.0 Å². The molecule has 2 atom stereocenters. The summed E-state index contributed by atoms with van der Waals surface area (Å²) in [6.45, 7) is 4.09. The maximum absolute atomic E-state index is 12.7. The van der Waals surface area contributed by atoms with Crippen molar-refractivity contribution in [3.63, 3.8) is 0 Å². The van der Waals surface area contributed by atoms with Gasteiger partial charge in [0.2, 0.25) is 0 Å². The van der Waals surface area contributed by atoms with Gasteiger partial charge in [0.15, 0.2) is 6.47 Å². The van der Waals surface area contributed by atoms with E-state index in [1.54, 1.807) is 0 Å². The number of unbranched alkanes of at least 4 members (excludes halogenated alkanes) is 2. The SMILES string of the molecule is CCCCC1=C(Br)[C@]2(OC1=O)O[C@@]1(OC(=O)C(CCCC)=C1Br)C(Br)(Br)C2(Br)Br. The lowest BCUT2D eigenvalue weighted by Gasteiger charge is -2.36. The monoisotopic (exact) mass is 788 g/mol. The van der Waals surface area contributed by atoms with Crippen LogP contribution in [0.5, 0.6) is 0 Å². The molecule has 0 aromatic rings. The first-order valence-electron chi connectivity index (χ1n) is 9.14. The van der Waals surface area contributed by atoms with Crippen molar-refractivity contribution >= 4 is 108 Å². The van der Waals surface area contributed by atoms with E-state index in [9.17, 15) is 9.59 Å². The molecule has 3 rings (SSSR count). The van der Waals surface area contributed by atoms with E-state index in [1.165, 1.54) is 0 Å². The molecular formula is C18H18Br6O5. The highest BCUT2D eigenvalue weighted by atomic mass is 79.9. The number of alkyl halides is 4. The van der Waals surface area contributed by atoms with Crippen LogP contribution in [-0.4, -0.2) is 30.0 Å². The van der Waals surface area contributed by atoms with Crippen LogP contribution in [0.4, 0.5) is 0 Å². The Balaban J connectivity index is 2.14. The van der Waals surface area contributed by atoms with Crippen molar-refractivity contribution in [2.45, 2.75) is 70.4 Å². The first-order chi connectivity index (χ1) is 13.4. The molecule has 2 spiro atoms. The fraction of sp³-hybridized carbons (Fsp3) is 0.667. The maximum Gasteiger partial charge on any atom is 0.337 e. The third-order valence-corrected chi connectivity index (χ3v) is 13.7. The Labute approximate surface area is 219 Å². The van der Waals surface area contributed by atoms with Gasteiger partial charge in [-0.05, 0) is 57.5 Å². The molecule has 3 aliphatic rings. The lowest BCUT2D eigenvalue weighted by Crippen LogP contribution is -2.52. The van der Waals surface area contributed by atoms with E-state index >= 15 is 0 Å². The first kappa shape index (κ1) is 24.9. The predicted octanol–water partition coefficient (Wildman–Crippen LogP) is 7.17.